The number of likely N-dealkylation sites (tertiary alicyclic amines) is 1. The molecule has 2 fully saturated rings. The number of carbonyl (C=O) groups is 1. The molecule has 1 unspecified atom stereocenters. The summed E-state index contributed by atoms with van der Waals surface area (Å²) in [6.07, 6.45) is 6.89. The lowest BCUT2D eigenvalue weighted by Crippen LogP contribution is -2.38. The van der Waals surface area contributed by atoms with Crippen LogP contribution in [-0.2, 0) is 17.6 Å². The Hall–Kier alpha value is -2.34. The van der Waals surface area contributed by atoms with Crippen LogP contribution >= 0.6 is 0 Å². The van der Waals surface area contributed by atoms with Gasteiger partial charge in [0.15, 0.2) is 0 Å². The number of hydrogen-bond donors (Lipinski definition) is 2. The number of fused-ring (bicyclic) bond motifs is 3. The summed E-state index contributed by atoms with van der Waals surface area (Å²) in [5.41, 5.74) is 4.75. The van der Waals surface area contributed by atoms with E-state index in [2.05, 4.69) is 39.8 Å². The van der Waals surface area contributed by atoms with E-state index in [1.807, 2.05) is 20.8 Å². The monoisotopic (exact) mass is 450 g/mol. The van der Waals surface area contributed by atoms with Gasteiger partial charge in [-0.1, -0.05) is 24.6 Å². The zero-order valence-corrected chi connectivity index (χ0v) is 20.3. The van der Waals surface area contributed by atoms with E-state index in [-0.39, 0.29) is 6.09 Å². The largest absolute Gasteiger partial charge is 0.444 e. The molecule has 0 spiro atoms. The van der Waals surface area contributed by atoms with Crippen LogP contribution in [0.15, 0.2) is 24.3 Å². The van der Waals surface area contributed by atoms with Gasteiger partial charge in [-0.05, 0) is 82.9 Å². The van der Waals surface area contributed by atoms with E-state index in [1.165, 1.54) is 41.6 Å². The Bertz CT molecular complexity index is 1000. The molecule has 1 amide bonds. The number of carbonyl (C=O) groups excluding carboxylic acids is 1. The van der Waals surface area contributed by atoms with Gasteiger partial charge in [-0.15, -0.1) is 0 Å². The van der Waals surface area contributed by atoms with Crippen LogP contribution in [0.4, 0.5) is 10.5 Å². The van der Waals surface area contributed by atoms with Crippen LogP contribution in [0.25, 0.3) is 10.9 Å². The number of benzene rings is 1. The maximum atomic E-state index is 12.0. The van der Waals surface area contributed by atoms with Crippen molar-refractivity contribution in [3.63, 3.8) is 0 Å². The Balaban J connectivity index is 1.12. The number of hydrogen-bond acceptors (Lipinski definition) is 5. The minimum atomic E-state index is -0.439. The highest BCUT2D eigenvalue weighted by atomic mass is 16.6. The summed E-state index contributed by atoms with van der Waals surface area (Å²) in [5.74, 6) is 1.18. The number of rotatable bonds is 6. The first-order chi connectivity index (χ1) is 15.9. The maximum absolute atomic E-state index is 12.0. The number of para-hydroxylation sites is 1. The lowest BCUT2D eigenvalue weighted by atomic mass is 10.0. The third kappa shape index (κ3) is 5.11. The molecular formula is C27H38N4O2. The van der Waals surface area contributed by atoms with Gasteiger partial charge in [0.25, 0.3) is 0 Å². The summed E-state index contributed by atoms with van der Waals surface area (Å²) >= 11 is 0. The van der Waals surface area contributed by atoms with E-state index in [9.17, 15) is 4.79 Å². The van der Waals surface area contributed by atoms with Crippen LogP contribution in [0.3, 0.4) is 0 Å². The number of nitrogens with one attached hydrogen (secondary N) is 2. The molecule has 178 valence electrons. The number of aryl methyl sites for hydroxylation is 1. The van der Waals surface area contributed by atoms with Crippen LogP contribution in [0.2, 0.25) is 0 Å². The molecule has 3 atom stereocenters. The minimum Gasteiger partial charge on any atom is -0.444 e. The highest BCUT2D eigenvalue weighted by molar-refractivity contribution is 5.93. The van der Waals surface area contributed by atoms with E-state index in [0.717, 1.165) is 51.0 Å². The zero-order valence-electron chi connectivity index (χ0n) is 20.3. The number of nitrogens with zero attached hydrogens (tertiary/aromatic N) is 2. The second kappa shape index (κ2) is 9.13. The van der Waals surface area contributed by atoms with Crippen molar-refractivity contribution >= 4 is 22.7 Å². The first-order valence-corrected chi connectivity index (χ1v) is 12.8. The molecule has 6 nitrogen and oxygen atoms in total. The second-order valence-electron chi connectivity index (χ2n) is 11.0. The summed E-state index contributed by atoms with van der Waals surface area (Å²) in [7, 11) is 0. The van der Waals surface area contributed by atoms with Crippen molar-refractivity contribution in [2.75, 3.05) is 31.5 Å². The SMILES string of the molecule is CC(C)(C)OC(=O)NC1[C@H]2CN(CCCNc3c4c(nc5ccccc35)CCCCC4)C[C@@H]12. The van der Waals surface area contributed by atoms with Gasteiger partial charge in [0, 0.05) is 42.4 Å². The van der Waals surface area contributed by atoms with E-state index >= 15 is 0 Å². The molecule has 5 rings (SSSR count). The molecular weight excluding hydrogens is 412 g/mol. The second-order valence-corrected chi connectivity index (χ2v) is 11.0. The molecule has 6 heteroatoms. The van der Waals surface area contributed by atoms with Crippen LogP contribution in [0, 0.1) is 11.8 Å². The van der Waals surface area contributed by atoms with Crippen LogP contribution in [0.1, 0.15) is 57.7 Å². The number of alkyl carbamates (subject to hydrolysis) is 1. The topological polar surface area (TPSA) is 66.5 Å². The van der Waals surface area contributed by atoms with Crippen LogP contribution < -0.4 is 10.6 Å². The number of piperidine rings is 1. The van der Waals surface area contributed by atoms with Gasteiger partial charge in [0.2, 0.25) is 0 Å². The Morgan fingerprint density at radius 2 is 1.88 bits per heavy atom. The molecule has 3 aliphatic rings. The van der Waals surface area contributed by atoms with Gasteiger partial charge in [-0.2, -0.15) is 0 Å². The predicted octanol–water partition coefficient (Wildman–Crippen LogP) is 4.76. The fourth-order valence-corrected chi connectivity index (χ4v) is 5.72. The van der Waals surface area contributed by atoms with Crippen molar-refractivity contribution in [1.29, 1.82) is 0 Å². The van der Waals surface area contributed by atoms with Gasteiger partial charge < -0.3 is 20.3 Å². The molecule has 0 bridgehead atoms. The standard InChI is InChI=1S/C27H38N4O2/c1-27(2,3)33-26(32)30-25-20-16-31(17-21(20)25)15-9-14-28-24-18-10-5-4-6-12-22(18)29-23-13-8-7-11-19(23)24/h7-8,11,13,20-21,25H,4-6,9-10,12,14-17H2,1-3H3,(H,28,29)(H,30,32)/t20-,21+,25?. The molecule has 2 aliphatic carbocycles. The summed E-state index contributed by atoms with van der Waals surface area (Å²) in [4.78, 5) is 19.6. The molecule has 2 heterocycles. The van der Waals surface area contributed by atoms with E-state index in [4.69, 9.17) is 9.72 Å². The highest BCUT2D eigenvalue weighted by Crippen LogP contribution is 2.45. The number of amides is 1. The molecule has 1 saturated carbocycles. The number of pyridine rings is 1. The van der Waals surface area contributed by atoms with Crippen LogP contribution in [0.5, 0.6) is 0 Å². The Kier molecular flexibility index (Phi) is 6.21. The van der Waals surface area contributed by atoms with Crippen molar-refractivity contribution in [3.8, 4) is 0 Å². The zero-order chi connectivity index (χ0) is 23.0. The van der Waals surface area contributed by atoms with Gasteiger partial charge >= 0.3 is 6.09 Å². The van der Waals surface area contributed by atoms with Crippen molar-refractivity contribution in [1.82, 2.24) is 15.2 Å². The van der Waals surface area contributed by atoms with Gasteiger partial charge in [0.1, 0.15) is 5.60 Å². The average Bonchev–Trinajstić information content (AvgIpc) is 3.28. The van der Waals surface area contributed by atoms with E-state index in [0.29, 0.717) is 17.9 Å². The maximum Gasteiger partial charge on any atom is 0.407 e. The molecule has 1 saturated heterocycles. The number of aromatic nitrogens is 1. The quantitative estimate of drug-likeness (QED) is 0.491. The molecule has 2 aromatic rings. The highest BCUT2D eigenvalue weighted by Gasteiger charge is 2.56. The number of ether oxygens (including phenoxy) is 1. The molecule has 1 aliphatic heterocycles. The third-order valence-corrected chi connectivity index (χ3v) is 7.33. The summed E-state index contributed by atoms with van der Waals surface area (Å²) < 4.78 is 5.40. The lowest BCUT2D eigenvalue weighted by molar-refractivity contribution is 0.0514. The van der Waals surface area contributed by atoms with Gasteiger partial charge in [-0.25, -0.2) is 4.79 Å². The molecule has 1 aromatic carbocycles. The number of anilines is 1. The minimum absolute atomic E-state index is 0.277. The molecule has 0 radical (unpaired) electrons. The van der Waals surface area contributed by atoms with Gasteiger partial charge in [0.05, 0.1) is 5.52 Å². The van der Waals surface area contributed by atoms with Crippen LogP contribution in [-0.4, -0.2) is 53.8 Å². The molecule has 33 heavy (non-hydrogen) atoms. The summed E-state index contributed by atoms with van der Waals surface area (Å²) in [6.45, 7) is 9.96. The van der Waals surface area contributed by atoms with Crippen molar-refractivity contribution in [3.05, 3.63) is 35.5 Å². The Labute approximate surface area is 197 Å². The average molecular weight is 451 g/mol. The smallest absolute Gasteiger partial charge is 0.407 e. The summed E-state index contributed by atoms with van der Waals surface area (Å²) in [5, 5.41) is 8.13. The lowest BCUT2D eigenvalue weighted by Gasteiger charge is -2.22. The first-order valence-electron chi connectivity index (χ1n) is 12.8. The fourth-order valence-electron chi connectivity index (χ4n) is 5.72. The van der Waals surface area contributed by atoms with Gasteiger partial charge in [-0.3, -0.25) is 4.98 Å². The third-order valence-electron chi connectivity index (χ3n) is 7.33. The normalized spacial score (nSPS) is 24.6. The fraction of sp³-hybridized carbons (Fsp3) is 0.630. The predicted molar refractivity (Wildman–Crippen MR) is 133 cm³/mol. The molecule has 1 aromatic heterocycles. The van der Waals surface area contributed by atoms with Crippen molar-refractivity contribution in [2.24, 2.45) is 11.8 Å². The summed E-state index contributed by atoms with van der Waals surface area (Å²) in [6, 6.07) is 8.86. The first kappa shape index (κ1) is 22.5. The van der Waals surface area contributed by atoms with E-state index < -0.39 is 5.60 Å². The Morgan fingerprint density at radius 3 is 2.67 bits per heavy atom. The Morgan fingerprint density at radius 1 is 1.12 bits per heavy atom. The van der Waals surface area contributed by atoms with E-state index in [1.54, 1.807) is 0 Å². The van der Waals surface area contributed by atoms with Crippen molar-refractivity contribution in [2.45, 2.75) is 70.9 Å². The van der Waals surface area contributed by atoms with Crippen molar-refractivity contribution < 1.29 is 9.53 Å². The molecule has 2 N–H and O–H groups in total.